The molecule has 2 N–H and O–H groups in total. The van der Waals surface area contributed by atoms with E-state index in [1.165, 1.54) is 13.4 Å². The first-order valence-corrected chi connectivity index (χ1v) is 7.27. The average molecular weight is 317 g/mol. The minimum Gasteiger partial charge on any atom is -0.465 e. The molecule has 2 rings (SSSR count). The lowest BCUT2D eigenvalue weighted by Gasteiger charge is -2.05. The van der Waals surface area contributed by atoms with Crippen LogP contribution in [0.25, 0.3) is 0 Å². The Kier molecular flexibility index (Phi) is 5.41. The Bertz CT molecular complexity index is 688. The Hall–Kier alpha value is -2.76. The summed E-state index contributed by atoms with van der Waals surface area (Å²) in [5.41, 5.74) is 8.20. The lowest BCUT2D eigenvalue weighted by Crippen LogP contribution is -2.09. The zero-order valence-electron chi connectivity index (χ0n) is 13.1. The molecule has 0 bridgehead atoms. The van der Waals surface area contributed by atoms with Crippen LogP contribution in [0.5, 0.6) is 0 Å². The first kappa shape index (κ1) is 16.6. The molecule has 0 amide bonds. The van der Waals surface area contributed by atoms with E-state index in [-0.39, 0.29) is 24.0 Å². The van der Waals surface area contributed by atoms with Crippen molar-refractivity contribution in [3.8, 4) is 0 Å². The molecule has 0 atom stereocenters. The third-order valence-corrected chi connectivity index (χ3v) is 3.43. The van der Waals surface area contributed by atoms with Gasteiger partial charge in [-0.15, -0.1) is 0 Å². The van der Waals surface area contributed by atoms with E-state index in [0.29, 0.717) is 24.0 Å². The third kappa shape index (κ3) is 3.91. The van der Waals surface area contributed by atoms with E-state index in [0.717, 1.165) is 5.56 Å². The van der Waals surface area contributed by atoms with Gasteiger partial charge in [0.05, 0.1) is 25.5 Å². The van der Waals surface area contributed by atoms with Gasteiger partial charge in [0.2, 0.25) is 5.88 Å². The molecule has 0 saturated carbocycles. The highest BCUT2D eigenvalue weighted by molar-refractivity contribution is 5.95. The van der Waals surface area contributed by atoms with Crippen molar-refractivity contribution in [3.63, 3.8) is 0 Å². The Balaban J connectivity index is 2.06. The van der Waals surface area contributed by atoms with Crippen molar-refractivity contribution in [2.75, 3.05) is 19.5 Å². The largest absolute Gasteiger partial charge is 0.465 e. The molecule has 23 heavy (non-hydrogen) atoms. The molecule has 0 aliphatic rings. The van der Waals surface area contributed by atoms with Crippen LogP contribution in [0.1, 0.15) is 38.8 Å². The van der Waals surface area contributed by atoms with Crippen LogP contribution in [0.15, 0.2) is 34.9 Å². The van der Waals surface area contributed by atoms with Crippen molar-refractivity contribution in [3.05, 3.63) is 52.8 Å². The lowest BCUT2D eigenvalue weighted by atomic mass is 10.0. The van der Waals surface area contributed by atoms with Crippen LogP contribution < -0.4 is 5.73 Å². The molecular formula is C17H19NO5. The van der Waals surface area contributed by atoms with E-state index in [1.807, 2.05) is 12.1 Å². The van der Waals surface area contributed by atoms with E-state index >= 15 is 0 Å². The van der Waals surface area contributed by atoms with E-state index in [9.17, 15) is 9.59 Å². The van der Waals surface area contributed by atoms with Gasteiger partial charge in [0, 0.05) is 5.56 Å². The van der Waals surface area contributed by atoms with E-state index < -0.39 is 5.97 Å². The number of ether oxygens (including phenoxy) is 2. The van der Waals surface area contributed by atoms with Gasteiger partial charge in [0.15, 0.2) is 0 Å². The zero-order chi connectivity index (χ0) is 16.8. The smallest absolute Gasteiger partial charge is 0.343 e. The number of nitrogen functional groups attached to an aromatic ring is 1. The van der Waals surface area contributed by atoms with E-state index in [1.54, 1.807) is 19.1 Å². The van der Waals surface area contributed by atoms with Crippen LogP contribution in [0.2, 0.25) is 0 Å². The fourth-order valence-corrected chi connectivity index (χ4v) is 2.23. The molecule has 2 aromatic rings. The van der Waals surface area contributed by atoms with Crippen LogP contribution in [0.4, 0.5) is 5.88 Å². The summed E-state index contributed by atoms with van der Waals surface area (Å²) in [4.78, 5) is 23.3. The monoisotopic (exact) mass is 317 g/mol. The minimum atomic E-state index is -0.477. The van der Waals surface area contributed by atoms with Crippen LogP contribution in [-0.2, 0) is 22.3 Å². The summed E-state index contributed by atoms with van der Waals surface area (Å²) in [6, 6.07) is 7.10. The van der Waals surface area contributed by atoms with Crippen molar-refractivity contribution in [1.29, 1.82) is 0 Å². The summed E-state index contributed by atoms with van der Waals surface area (Å²) in [5, 5.41) is 0. The predicted molar refractivity (Wildman–Crippen MR) is 84.3 cm³/mol. The Morgan fingerprint density at radius 2 is 1.83 bits per heavy atom. The number of benzene rings is 1. The first-order valence-electron chi connectivity index (χ1n) is 7.27. The summed E-state index contributed by atoms with van der Waals surface area (Å²) < 4.78 is 14.8. The Morgan fingerprint density at radius 3 is 2.43 bits per heavy atom. The molecule has 1 heterocycles. The number of nitrogens with two attached hydrogens (primary N) is 1. The number of carbonyl (C=O) groups is 2. The topological polar surface area (TPSA) is 91.8 Å². The SMILES string of the molecule is CCOC(=O)c1c(CCc2ccc(C(=O)OC)cc2)coc1N. The van der Waals surface area contributed by atoms with Gasteiger partial charge in [-0.2, -0.15) is 0 Å². The fraction of sp³-hybridized carbons (Fsp3) is 0.294. The van der Waals surface area contributed by atoms with Gasteiger partial charge in [-0.25, -0.2) is 9.59 Å². The second-order valence-corrected chi connectivity index (χ2v) is 4.91. The van der Waals surface area contributed by atoms with Crippen LogP contribution in [0, 0.1) is 0 Å². The summed E-state index contributed by atoms with van der Waals surface area (Å²) in [6.07, 6.45) is 2.73. The number of hydrogen-bond acceptors (Lipinski definition) is 6. The number of aryl methyl sites for hydroxylation is 2. The van der Waals surface area contributed by atoms with Crippen molar-refractivity contribution in [1.82, 2.24) is 0 Å². The molecule has 6 heteroatoms. The molecule has 0 saturated heterocycles. The molecule has 0 radical (unpaired) electrons. The van der Waals surface area contributed by atoms with E-state index in [4.69, 9.17) is 14.9 Å². The highest BCUT2D eigenvalue weighted by atomic mass is 16.5. The Morgan fingerprint density at radius 1 is 1.13 bits per heavy atom. The Labute approximate surface area is 134 Å². The molecule has 0 aliphatic carbocycles. The standard InChI is InChI=1S/C17H19NO5/c1-3-22-17(20)14-13(10-23-15(14)18)9-6-11-4-7-12(8-5-11)16(19)21-2/h4-5,7-8,10H,3,6,9,18H2,1-2H3. The third-order valence-electron chi connectivity index (χ3n) is 3.43. The minimum absolute atomic E-state index is 0.0690. The average Bonchev–Trinajstić information content (AvgIpc) is 2.93. The summed E-state index contributed by atoms with van der Waals surface area (Å²) in [5.74, 6) is -0.780. The second-order valence-electron chi connectivity index (χ2n) is 4.91. The van der Waals surface area contributed by atoms with Crippen molar-refractivity contribution >= 4 is 17.8 Å². The number of hydrogen-bond donors (Lipinski definition) is 1. The highest BCUT2D eigenvalue weighted by Crippen LogP contribution is 2.22. The maximum absolute atomic E-state index is 11.9. The predicted octanol–water partition coefficient (Wildman–Crippen LogP) is 2.61. The van der Waals surface area contributed by atoms with Gasteiger partial charge in [-0.1, -0.05) is 12.1 Å². The van der Waals surface area contributed by atoms with Gasteiger partial charge >= 0.3 is 11.9 Å². The molecule has 0 spiro atoms. The van der Waals surface area contributed by atoms with Crippen LogP contribution in [-0.4, -0.2) is 25.7 Å². The second kappa shape index (κ2) is 7.49. The molecule has 122 valence electrons. The summed E-state index contributed by atoms with van der Waals surface area (Å²) in [6.45, 7) is 2.01. The number of esters is 2. The number of methoxy groups -OCH3 is 1. The van der Waals surface area contributed by atoms with Crippen LogP contribution in [0.3, 0.4) is 0 Å². The molecule has 0 unspecified atom stereocenters. The molecule has 1 aromatic heterocycles. The maximum atomic E-state index is 11.9. The summed E-state index contributed by atoms with van der Waals surface area (Å²) in [7, 11) is 1.34. The zero-order valence-corrected chi connectivity index (χ0v) is 13.1. The molecule has 0 aliphatic heterocycles. The summed E-state index contributed by atoms with van der Waals surface area (Å²) >= 11 is 0. The molecule has 1 aromatic carbocycles. The van der Waals surface area contributed by atoms with Crippen LogP contribution >= 0.6 is 0 Å². The van der Waals surface area contributed by atoms with Gasteiger partial charge in [0.1, 0.15) is 5.56 Å². The van der Waals surface area contributed by atoms with E-state index in [2.05, 4.69) is 4.74 Å². The van der Waals surface area contributed by atoms with Gasteiger partial charge in [0.25, 0.3) is 0 Å². The molecule has 6 nitrogen and oxygen atoms in total. The first-order chi connectivity index (χ1) is 11.1. The number of anilines is 1. The van der Waals surface area contributed by atoms with Gasteiger partial charge < -0.3 is 19.6 Å². The number of furan rings is 1. The molecular weight excluding hydrogens is 298 g/mol. The van der Waals surface area contributed by atoms with Crippen molar-refractivity contribution < 1.29 is 23.5 Å². The van der Waals surface area contributed by atoms with Crippen molar-refractivity contribution in [2.45, 2.75) is 19.8 Å². The quantitative estimate of drug-likeness (QED) is 0.823. The molecule has 0 fully saturated rings. The number of rotatable bonds is 6. The number of carbonyl (C=O) groups excluding carboxylic acids is 2. The van der Waals surface area contributed by atoms with Crippen molar-refractivity contribution in [2.24, 2.45) is 0 Å². The highest BCUT2D eigenvalue weighted by Gasteiger charge is 2.20. The lowest BCUT2D eigenvalue weighted by molar-refractivity contribution is 0.0525. The maximum Gasteiger partial charge on any atom is 0.343 e. The fourth-order valence-electron chi connectivity index (χ4n) is 2.23. The van der Waals surface area contributed by atoms with Gasteiger partial charge in [-0.05, 0) is 37.5 Å². The normalized spacial score (nSPS) is 10.3. The van der Waals surface area contributed by atoms with Gasteiger partial charge in [-0.3, -0.25) is 0 Å².